The van der Waals surface area contributed by atoms with Gasteiger partial charge in [0.15, 0.2) is 0 Å². The zero-order chi connectivity index (χ0) is 33.9. The van der Waals surface area contributed by atoms with Gasteiger partial charge in [-0.25, -0.2) is 0 Å². The summed E-state index contributed by atoms with van der Waals surface area (Å²) in [4.78, 5) is 0. The highest BCUT2D eigenvalue weighted by Crippen LogP contribution is 2.55. The van der Waals surface area contributed by atoms with Crippen LogP contribution in [0.3, 0.4) is 0 Å². The Morgan fingerprint density at radius 2 is 0.827 bits per heavy atom. The molecule has 0 radical (unpaired) electrons. The highest BCUT2D eigenvalue weighted by atomic mass is 15.0. The van der Waals surface area contributed by atoms with E-state index in [1.54, 1.807) is 0 Å². The summed E-state index contributed by atoms with van der Waals surface area (Å²) in [5.41, 5.74) is 14.9. The van der Waals surface area contributed by atoms with Crippen molar-refractivity contribution in [3.8, 4) is 28.2 Å². The molecule has 0 spiro atoms. The largest absolute Gasteiger partial charge is 0.313 e. The minimum Gasteiger partial charge on any atom is -0.313 e. The summed E-state index contributed by atoms with van der Waals surface area (Å²) in [7, 11) is 0. The van der Waals surface area contributed by atoms with Crippen molar-refractivity contribution < 1.29 is 0 Å². The number of benzene rings is 7. The van der Waals surface area contributed by atoms with Crippen molar-refractivity contribution in [3.05, 3.63) is 181 Å². The van der Waals surface area contributed by atoms with E-state index in [9.17, 15) is 0 Å². The molecule has 0 bridgehead atoms. The molecule has 1 saturated carbocycles. The van der Waals surface area contributed by atoms with E-state index in [-0.39, 0.29) is 0 Å². The van der Waals surface area contributed by atoms with Gasteiger partial charge in [0.25, 0.3) is 0 Å². The number of aromatic nitrogens is 3. The van der Waals surface area contributed by atoms with Crippen molar-refractivity contribution >= 4 is 60.6 Å². The van der Waals surface area contributed by atoms with Crippen molar-refractivity contribution in [2.24, 2.45) is 5.92 Å². The first-order chi connectivity index (χ1) is 25.8. The first-order valence-corrected chi connectivity index (χ1v) is 18.3. The fourth-order valence-electron chi connectivity index (χ4n) is 9.29. The Morgan fingerprint density at radius 3 is 1.37 bits per heavy atom. The Balaban J connectivity index is 1.11. The second-order valence-electron chi connectivity index (χ2n) is 14.5. The molecule has 2 atom stereocenters. The lowest BCUT2D eigenvalue weighted by atomic mass is 10.0. The molecule has 10 aromatic rings. The van der Waals surface area contributed by atoms with Crippen LogP contribution in [0.4, 0.5) is 0 Å². The van der Waals surface area contributed by atoms with Crippen LogP contribution in [0.2, 0.25) is 0 Å². The fourth-order valence-corrected chi connectivity index (χ4v) is 9.29. The van der Waals surface area contributed by atoms with E-state index in [4.69, 9.17) is 0 Å². The van der Waals surface area contributed by atoms with Crippen LogP contribution in [0.5, 0.6) is 0 Å². The topological polar surface area (TPSA) is 14.8 Å². The lowest BCUT2D eigenvalue weighted by Crippen LogP contribution is -2.04. The maximum atomic E-state index is 2.58. The van der Waals surface area contributed by atoms with E-state index in [1.807, 2.05) is 0 Å². The molecule has 2 aliphatic rings. The van der Waals surface area contributed by atoms with Crippen molar-refractivity contribution in [1.82, 2.24) is 13.7 Å². The monoisotopic (exact) mass is 663 g/mol. The van der Waals surface area contributed by atoms with Crippen LogP contribution in [-0.2, 0) is 0 Å². The second kappa shape index (κ2) is 10.5. The summed E-state index contributed by atoms with van der Waals surface area (Å²) < 4.78 is 7.43. The van der Waals surface area contributed by atoms with Gasteiger partial charge in [-0.2, -0.15) is 0 Å². The average molecular weight is 664 g/mol. The normalized spacial score (nSPS) is 16.3. The third kappa shape index (κ3) is 3.91. The number of nitrogens with zero attached hydrogens (tertiary/aromatic N) is 3. The van der Waals surface area contributed by atoms with E-state index < -0.39 is 0 Å². The Bertz CT molecular complexity index is 3000. The van der Waals surface area contributed by atoms with Crippen LogP contribution in [0.15, 0.2) is 170 Å². The highest BCUT2D eigenvalue weighted by Gasteiger charge is 2.43. The number of allylic oxidation sites excluding steroid dienone is 1. The maximum absolute atomic E-state index is 2.58. The third-order valence-electron chi connectivity index (χ3n) is 11.7. The molecule has 12 rings (SSSR count). The predicted octanol–water partition coefficient (Wildman–Crippen LogP) is 12.6. The first kappa shape index (κ1) is 28.2. The van der Waals surface area contributed by atoms with E-state index >= 15 is 0 Å². The standard InChI is InChI=1S/C49H33N3/c1-6-16-44-37(11-1)38-12-2-7-17-45(38)50(44)34-24-21-31(22-25-34)33-27-35(51-46-18-8-3-13-39(46)40-14-4-9-19-47(40)51)30-36(28-33)52-48-20-10-5-15-41(48)42-26-23-32-29-43(32)49(42)52/h1-28,30,32,43H,29H2. The number of rotatable bonds is 4. The lowest BCUT2D eigenvalue weighted by Gasteiger charge is -2.18. The smallest absolute Gasteiger partial charge is 0.0541 e. The van der Waals surface area contributed by atoms with Crippen LogP contribution in [0.25, 0.3) is 88.8 Å². The number of fused-ring (bicyclic) bond motifs is 11. The zero-order valence-electron chi connectivity index (χ0n) is 28.4. The maximum Gasteiger partial charge on any atom is 0.0541 e. The van der Waals surface area contributed by atoms with Gasteiger partial charge in [-0.1, -0.05) is 115 Å². The third-order valence-corrected chi connectivity index (χ3v) is 11.7. The minimum absolute atomic E-state index is 0.568. The predicted molar refractivity (Wildman–Crippen MR) is 217 cm³/mol. The van der Waals surface area contributed by atoms with Gasteiger partial charge in [0.1, 0.15) is 0 Å². The number of para-hydroxylation sites is 5. The molecule has 1 fully saturated rings. The van der Waals surface area contributed by atoms with Gasteiger partial charge in [0, 0.05) is 61.2 Å². The van der Waals surface area contributed by atoms with Gasteiger partial charge in [-0.05, 0) is 84.1 Å². The van der Waals surface area contributed by atoms with Gasteiger partial charge in [-0.3, -0.25) is 0 Å². The summed E-state index contributed by atoms with van der Waals surface area (Å²) in [6.07, 6.45) is 6.04. The van der Waals surface area contributed by atoms with Crippen molar-refractivity contribution in [2.45, 2.75) is 12.3 Å². The molecule has 244 valence electrons. The molecule has 2 unspecified atom stereocenters. The fraction of sp³-hybridized carbons (Fsp3) is 0.0612. The van der Waals surface area contributed by atoms with Gasteiger partial charge >= 0.3 is 0 Å². The van der Waals surface area contributed by atoms with E-state index in [2.05, 4.69) is 190 Å². The first-order valence-electron chi connectivity index (χ1n) is 18.3. The summed E-state index contributed by atoms with van der Waals surface area (Å²) >= 11 is 0. The molecule has 52 heavy (non-hydrogen) atoms. The van der Waals surface area contributed by atoms with Crippen LogP contribution < -0.4 is 0 Å². The van der Waals surface area contributed by atoms with Gasteiger partial charge in [0.2, 0.25) is 0 Å². The minimum atomic E-state index is 0.568. The Kier molecular flexibility index (Phi) is 5.67. The molecule has 2 aliphatic carbocycles. The summed E-state index contributed by atoms with van der Waals surface area (Å²) in [5, 5.41) is 6.44. The Labute approximate surface area is 300 Å². The van der Waals surface area contributed by atoms with Crippen LogP contribution in [-0.4, -0.2) is 13.7 Å². The van der Waals surface area contributed by atoms with Gasteiger partial charge in [0.05, 0.1) is 27.6 Å². The quantitative estimate of drug-likeness (QED) is 0.178. The molecule has 0 amide bonds. The van der Waals surface area contributed by atoms with E-state index in [0.717, 1.165) is 5.69 Å². The Morgan fingerprint density at radius 1 is 0.385 bits per heavy atom. The lowest BCUT2D eigenvalue weighted by molar-refractivity contribution is 0.895. The zero-order valence-corrected chi connectivity index (χ0v) is 28.4. The van der Waals surface area contributed by atoms with Crippen LogP contribution in [0.1, 0.15) is 23.6 Å². The number of hydrogen-bond donors (Lipinski definition) is 0. The van der Waals surface area contributed by atoms with E-state index in [1.165, 1.54) is 94.7 Å². The highest BCUT2D eigenvalue weighted by molar-refractivity contribution is 6.10. The molecular weight excluding hydrogens is 631 g/mol. The molecular formula is C49H33N3. The summed E-state index contributed by atoms with van der Waals surface area (Å²) in [6, 6.07) is 60.4. The Hall–Kier alpha value is -6.58. The SMILES string of the molecule is C1=CC2CC2c2c1c1ccccc1n2-c1cc(-c2ccc(-n3c4ccccc4c4ccccc43)cc2)cc(-n2c3ccccc3c3ccccc32)c1. The van der Waals surface area contributed by atoms with Crippen molar-refractivity contribution in [1.29, 1.82) is 0 Å². The summed E-state index contributed by atoms with van der Waals surface area (Å²) in [6.45, 7) is 0. The van der Waals surface area contributed by atoms with Gasteiger partial charge < -0.3 is 13.7 Å². The van der Waals surface area contributed by atoms with E-state index in [0.29, 0.717) is 11.8 Å². The number of hydrogen-bond acceptors (Lipinski definition) is 0. The molecule has 3 nitrogen and oxygen atoms in total. The second-order valence-corrected chi connectivity index (χ2v) is 14.5. The molecule has 3 heteroatoms. The van der Waals surface area contributed by atoms with Gasteiger partial charge in [-0.15, -0.1) is 0 Å². The van der Waals surface area contributed by atoms with Crippen LogP contribution in [0, 0.1) is 5.92 Å². The average Bonchev–Trinajstić information content (AvgIpc) is 3.67. The molecule has 3 aromatic heterocycles. The molecule has 0 saturated heterocycles. The molecule has 0 N–H and O–H groups in total. The van der Waals surface area contributed by atoms with Crippen molar-refractivity contribution in [2.75, 3.05) is 0 Å². The molecule has 3 heterocycles. The molecule has 7 aromatic carbocycles. The summed E-state index contributed by atoms with van der Waals surface area (Å²) in [5.74, 6) is 1.21. The van der Waals surface area contributed by atoms with Crippen molar-refractivity contribution in [3.63, 3.8) is 0 Å². The van der Waals surface area contributed by atoms with Crippen LogP contribution >= 0.6 is 0 Å². The molecule has 0 aliphatic heterocycles.